The van der Waals surface area contributed by atoms with Crippen molar-refractivity contribution >= 4 is 11.6 Å². The highest BCUT2D eigenvalue weighted by Gasteiger charge is 2.08. The van der Waals surface area contributed by atoms with Gasteiger partial charge in [0.2, 0.25) is 0 Å². The molecule has 0 bridgehead atoms. The summed E-state index contributed by atoms with van der Waals surface area (Å²) in [7, 11) is 3.51. The molecular weight excluding hydrogens is 238 g/mol. The number of hydrogen-bond acceptors (Lipinski definition) is 3. The monoisotopic (exact) mass is 251 g/mol. The number of nitrogens with one attached hydrogen (secondary N) is 2. The van der Waals surface area contributed by atoms with Crippen molar-refractivity contribution in [3.63, 3.8) is 0 Å². The summed E-state index contributed by atoms with van der Waals surface area (Å²) in [6.45, 7) is 0.751. The lowest BCUT2D eigenvalue weighted by atomic mass is 10.1. The minimum absolute atomic E-state index is 0.631. The first-order valence-corrected chi connectivity index (χ1v) is 5.65. The molecule has 0 aliphatic heterocycles. The molecule has 0 radical (unpaired) electrons. The maximum Gasteiger partial charge on any atom is 0.120 e. The van der Waals surface area contributed by atoms with E-state index in [4.69, 9.17) is 16.3 Å². The molecule has 0 spiro atoms. The zero-order valence-corrected chi connectivity index (χ0v) is 10.5. The maximum atomic E-state index is 6.18. The van der Waals surface area contributed by atoms with Crippen LogP contribution in [0.15, 0.2) is 24.3 Å². The normalized spacial score (nSPS) is 10.5. The number of halogens is 1. The Morgan fingerprint density at radius 2 is 2.24 bits per heavy atom. The predicted molar refractivity (Wildman–Crippen MR) is 68.3 cm³/mol. The molecule has 0 aliphatic carbocycles. The lowest BCUT2D eigenvalue weighted by Gasteiger charge is -2.03. The van der Waals surface area contributed by atoms with Crippen LogP contribution in [0.25, 0.3) is 11.3 Å². The topological polar surface area (TPSA) is 49.9 Å². The van der Waals surface area contributed by atoms with Crippen molar-refractivity contribution in [3.8, 4) is 17.0 Å². The molecule has 0 fully saturated rings. The van der Waals surface area contributed by atoms with Gasteiger partial charge in [0.15, 0.2) is 0 Å². The quantitative estimate of drug-likeness (QED) is 0.878. The van der Waals surface area contributed by atoms with Gasteiger partial charge in [0.25, 0.3) is 0 Å². The molecule has 0 unspecified atom stereocenters. The van der Waals surface area contributed by atoms with E-state index in [1.807, 2.05) is 25.2 Å². The van der Waals surface area contributed by atoms with Gasteiger partial charge in [-0.05, 0) is 31.3 Å². The molecule has 1 aromatic heterocycles. The van der Waals surface area contributed by atoms with Crippen molar-refractivity contribution in [3.05, 3.63) is 35.0 Å². The van der Waals surface area contributed by atoms with Crippen LogP contribution >= 0.6 is 11.6 Å². The van der Waals surface area contributed by atoms with Gasteiger partial charge >= 0.3 is 0 Å². The third-order valence-corrected chi connectivity index (χ3v) is 2.76. The van der Waals surface area contributed by atoms with Crippen LogP contribution in [0.2, 0.25) is 5.02 Å². The molecular formula is C12H14ClN3O. The van der Waals surface area contributed by atoms with Crippen LogP contribution in [-0.4, -0.2) is 24.4 Å². The van der Waals surface area contributed by atoms with E-state index in [1.165, 1.54) is 0 Å². The first-order valence-electron chi connectivity index (χ1n) is 5.27. The molecule has 2 rings (SSSR count). The molecule has 5 heteroatoms. The van der Waals surface area contributed by atoms with Crippen LogP contribution in [0.1, 0.15) is 5.69 Å². The van der Waals surface area contributed by atoms with Crippen LogP contribution in [0.3, 0.4) is 0 Å². The van der Waals surface area contributed by atoms with E-state index >= 15 is 0 Å². The lowest BCUT2D eigenvalue weighted by molar-refractivity contribution is 0.415. The van der Waals surface area contributed by atoms with Crippen LogP contribution in [0, 0.1) is 0 Å². The van der Waals surface area contributed by atoms with Crippen molar-refractivity contribution in [2.24, 2.45) is 0 Å². The van der Waals surface area contributed by atoms with Gasteiger partial charge in [0.1, 0.15) is 5.75 Å². The molecule has 4 nitrogen and oxygen atoms in total. The van der Waals surface area contributed by atoms with Crippen molar-refractivity contribution in [1.29, 1.82) is 0 Å². The van der Waals surface area contributed by atoms with Crippen molar-refractivity contribution in [2.75, 3.05) is 14.2 Å². The van der Waals surface area contributed by atoms with Crippen LogP contribution in [0.4, 0.5) is 0 Å². The summed E-state index contributed by atoms with van der Waals surface area (Å²) in [6.07, 6.45) is 0. The fourth-order valence-electron chi connectivity index (χ4n) is 1.61. The number of nitrogens with zero attached hydrogens (tertiary/aromatic N) is 1. The van der Waals surface area contributed by atoms with E-state index < -0.39 is 0 Å². The molecule has 90 valence electrons. The van der Waals surface area contributed by atoms with Crippen LogP contribution in [0.5, 0.6) is 5.75 Å². The Kier molecular flexibility index (Phi) is 3.66. The minimum atomic E-state index is 0.631. The predicted octanol–water partition coefficient (Wildman–Crippen LogP) is 2.46. The van der Waals surface area contributed by atoms with Gasteiger partial charge in [-0.15, -0.1) is 0 Å². The van der Waals surface area contributed by atoms with E-state index in [0.717, 1.165) is 29.2 Å². The smallest absolute Gasteiger partial charge is 0.120 e. The zero-order valence-electron chi connectivity index (χ0n) is 9.75. The summed E-state index contributed by atoms with van der Waals surface area (Å²) in [6, 6.07) is 7.53. The van der Waals surface area contributed by atoms with E-state index in [-0.39, 0.29) is 0 Å². The Morgan fingerprint density at radius 1 is 1.41 bits per heavy atom. The number of aromatic nitrogens is 2. The van der Waals surface area contributed by atoms with E-state index in [1.54, 1.807) is 13.2 Å². The zero-order chi connectivity index (χ0) is 12.3. The average molecular weight is 252 g/mol. The molecule has 1 heterocycles. The Hall–Kier alpha value is -1.52. The van der Waals surface area contributed by atoms with Gasteiger partial charge in [-0.25, -0.2) is 0 Å². The van der Waals surface area contributed by atoms with E-state index in [0.29, 0.717) is 5.02 Å². The van der Waals surface area contributed by atoms with Crippen molar-refractivity contribution in [1.82, 2.24) is 15.5 Å². The Bertz CT molecular complexity index is 510. The Labute approximate surface area is 105 Å². The number of ether oxygens (including phenoxy) is 1. The number of H-pyrrole nitrogens is 1. The van der Waals surface area contributed by atoms with E-state index in [9.17, 15) is 0 Å². The summed E-state index contributed by atoms with van der Waals surface area (Å²) in [5.74, 6) is 0.740. The number of benzene rings is 1. The van der Waals surface area contributed by atoms with Gasteiger partial charge in [0, 0.05) is 17.8 Å². The number of methoxy groups -OCH3 is 1. The van der Waals surface area contributed by atoms with E-state index in [2.05, 4.69) is 15.5 Å². The van der Waals surface area contributed by atoms with Gasteiger partial charge in [-0.2, -0.15) is 5.10 Å². The third-order valence-electron chi connectivity index (χ3n) is 2.45. The fourth-order valence-corrected chi connectivity index (χ4v) is 1.88. The average Bonchev–Trinajstić information content (AvgIpc) is 2.78. The molecule has 1 aromatic carbocycles. The summed E-state index contributed by atoms with van der Waals surface area (Å²) in [4.78, 5) is 0. The number of rotatable bonds is 4. The number of aromatic amines is 1. The van der Waals surface area contributed by atoms with Crippen molar-refractivity contribution < 1.29 is 4.74 Å². The minimum Gasteiger partial charge on any atom is -0.497 e. The van der Waals surface area contributed by atoms with Gasteiger partial charge in [0.05, 0.1) is 17.8 Å². The van der Waals surface area contributed by atoms with Crippen LogP contribution < -0.4 is 10.1 Å². The highest BCUT2D eigenvalue weighted by Crippen LogP contribution is 2.30. The summed E-state index contributed by atoms with van der Waals surface area (Å²) in [5.41, 5.74) is 2.75. The fraction of sp³-hybridized carbons (Fsp3) is 0.250. The largest absolute Gasteiger partial charge is 0.497 e. The van der Waals surface area contributed by atoms with Crippen LogP contribution in [-0.2, 0) is 6.54 Å². The summed E-state index contributed by atoms with van der Waals surface area (Å²) < 4.78 is 5.11. The highest BCUT2D eigenvalue weighted by atomic mass is 35.5. The SMILES string of the molecule is CNCc1cc(-c2ccc(OC)cc2Cl)n[nH]1. The summed E-state index contributed by atoms with van der Waals surface area (Å²) >= 11 is 6.18. The first kappa shape index (κ1) is 12.0. The molecule has 0 aliphatic rings. The maximum absolute atomic E-state index is 6.18. The second-order valence-corrected chi connectivity index (χ2v) is 4.06. The van der Waals surface area contributed by atoms with Gasteiger partial charge < -0.3 is 10.1 Å². The van der Waals surface area contributed by atoms with Gasteiger partial charge in [-0.1, -0.05) is 11.6 Å². The molecule has 0 saturated carbocycles. The molecule has 0 saturated heterocycles. The molecule has 0 amide bonds. The van der Waals surface area contributed by atoms with Gasteiger partial charge in [-0.3, -0.25) is 5.10 Å². The Balaban J connectivity index is 2.32. The van der Waals surface area contributed by atoms with Crippen molar-refractivity contribution in [2.45, 2.75) is 6.54 Å². The second kappa shape index (κ2) is 5.21. The summed E-state index contributed by atoms with van der Waals surface area (Å²) in [5, 5.41) is 10.9. The molecule has 2 N–H and O–H groups in total. The Morgan fingerprint density at radius 3 is 2.88 bits per heavy atom. The highest BCUT2D eigenvalue weighted by molar-refractivity contribution is 6.33. The first-order chi connectivity index (χ1) is 8.24. The molecule has 2 aromatic rings. The third kappa shape index (κ3) is 2.60. The molecule has 0 atom stereocenters. The standard InChI is InChI=1S/C12H14ClN3O/c1-14-7-8-5-12(16-15-8)10-4-3-9(17-2)6-11(10)13/h3-6,14H,7H2,1-2H3,(H,15,16). The molecule has 17 heavy (non-hydrogen) atoms. The lowest BCUT2D eigenvalue weighted by Crippen LogP contribution is -2.04. The number of hydrogen-bond donors (Lipinski definition) is 2. The second-order valence-electron chi connectivity index (χ2n) is 3.65.